The lowest BCUT2D eigenvalue weighted by Crippen LogP contribution is -2.09. The van der Waals surface area contributed by atoms with Crippen LogP contribution in [-0.4, -0.2) is 26.8 Å². The average molecular weight is 366 g/mol. The molecule has 0 fully saturated rings. The second kappa shape index (κ2) is 7.80. The van der Waals surface area contributed by atoms with Crippen molar-refractivity contribution in [3.63, 3.8) is 0 Å². The standard InChI is InChI=1S/C20H16ClN3O2/c21-19-12-15(7-9-24-19)14-5-3-13(4-6-14)10-16(11-17(22)20(25)26)18-2-1-8-23-18/h1-9,11-12,22-23H,10H2,(H,25,26)/b16-11-,22-17?. The van der Waals surface area contributed by atoms with Crippen molar-refractivity contribution in [3.8, 4) is 11.1 Å². The number of hydrogen-bond donors (Lipinski definition) is 3. The lowest BCUT2D eigenvalue weighted by atomic mass is 9.98. The maximum atomic E-state index is 11.0. The topological polar surface area (TPSA) is 89.8 Å². The van der Waals surface area contributed by atoms with Crippen molar-refractivity contribution < 1.29 is 9.90 Å². The smallest absolute Gasteiger partial charge is 0.353 e. The molecule has 0 amide bonds. The van der Waals surface area contributed by atoms with Crippen molar-refractivity contribution in [3.05, 3.63) is 83.4 Å². The Morgan fingerprint density at radius 2 is 1.96 bits per heavy atom. The van der Waals surface area contributed by atoms with Crippen molar-refractivity contribution >= 4 is 28.9 Å². The van der Waals surface area contributed by atoms with Crippen molar-refractivity contribution in [2.45, 2.75) is 6.42 Å². The minimum atomic E-state index is -1.25. The Kier molecular flexibility index (Phi) is 5.29. The summed E-state index contributed by atoms with van der Waals surface area (Å²) < 4.78 is 0. The van der Waals surface area contributed by atoms with E-state index in [4.69, 9.17) is 22.1 Å². The predicted molar refractivity (Wildman–Crippen MR) is 103 cm³/mol. The number of allylic oxidation sites excluding steroid dienone is 1. The SMILES string of the molecule is N=C(/C=C(/Cc1ccc(-c2ccnc(Cl)c2)cc1)c1ccc[nH]1)C(=O)O. The summed E-state index contributed by atoms with van der Waals surface area (Å²) >= 11 is 5.94. The Morgan fingerprint density at radius 3 is 2.58 bits per heavy atom. The monoisotopic (exact) mass is 365 g/mol. The Morgan fingerprint density at radius 1 is 1.19 bits per heavy atom. The molecule has 0 unspecified atom stereocenters. The predicted octanol–water partition coefficient (Wildman–Crippen LogP) is 4.46. The Labute approximate surface area is 155 Å². The zero-order chi connectivity index (χ0) is 18.5. The molecule has 3 rings (SSSR count). The number of H-pyrrole nitrogens is 1. The number of hydrogen-bond acceptors (Lipinski definition) is 3. The summed E-state index contributed by atoms with van der Waals surface area (Å²) in [6.07, 6.45) is 5.32. The molecule has 0 saturated heterocycles. The van der Waals surface area contributed by atoms with Gasteiger partial charge >= 0.3 is 5.97 Å². The second-order valence-electron chi connectivity index (χ2n) is 5.71. The van der Waals surface area contributed by atoms with Crippen LogP contribution in [0.2, 0.25) is 5.15 Å². The van der Waals surface area contributed by atoms with Gasteiger partial charge in [0, 0.05) is 18.1 Å². The molecule has 0 aliphatic carbocycles. The number of carboxylic acids is 1. The highest BCUT2D eigenvalue weighted by Crippen LogP contribution is 2.24. The number of rotatable bonds is 6. The number of pyridine rings is 1. The van der Waals surface area contributed by atoms with E-state index in [1.165, 1.54) is 6.08 Å². The molecule has 0 aliphatic heterocycles. The molecule has 130 valence electrons. The van der Waals surface area contributed by atoms with Gasteiger partial charge < -0.3 is 10.1 Å². The molecule has 3 aromatic rings. The summed E-state index contributed by atoms with van der Waals surface area (Å²) in [5, 5.41) is 17.0. The number of aliphatic carboxylic acids is 1. The van der Waals surface area contributed by atoms with Crippen molar-refractivity contribution in [2.24, 2.45) is 0 Å². The van der Waals surface area contributed by atoms with Gasteiger partial charge in [-0.25, -0.2) is 9.78 Å². The third kappa shape index (κ3) is 4.26. The first kappa shape index (κ1) is 17.6. The van der Waals surface area contributed by atoms with Gasteiger partial charge in [-0.1, -0.05) is 35.9 Å². The Hall–Kier alpha value is -3.18. The van der Waals surface area contributed by atoms with Gasteiger partial charge in [0.15, 0.2) is 0 Å². The fourth-order valence-electron chi connectivity index (χ4n) is 2.61. The molecule has 0 aliphatic rings. The van der Waals surface area contributed by atoms with Crippen LogP contribution in [0.15, 0.2) is 67.0 Å². The third-order valence-electron chi connectivity index (χ3n) is 3.90. The van der Waals surface area contributed by atoms with Gasteiger partial charge in [0.1, 0.15) is 10.9 Å². The van der Waals surface area contributed by atoms with Gasteiger partial charge in [0.2, 0.25) is 0 Å². The van der Waals surface area contributed by atoms with E-state index in [1.807, 2.05) is 42.5 Å². The van der Waals surface area contributed by atoms with Crippen molar-refractivity contribution in [1.29, 1.82) is 5.41 Å². The van der Waals surface area contributed by atoms with Crippen LogP contribution in [0.5, 0.6) is 0 Å². The number of halogens is 1. The summed E-state index contributed by atoms with van der Waals surface area (Å²) in [6, 6.07) is 15.3. The molecule has 2 heterocycles. The van der Waals surface area contributed by atoms with Crippen LogP contribution in [0.4, 0.5) is 0 Å². The fourth-order valence-corrected chi connectivity index (χ4v) is 2.78. The molecule has 0 atom stereocenters. The van der Waals surface area contributed by atoms with Gasteiger partial charge in [0.05, 0.1) is 0 Å². The molecule has 3 N–H and O–H groups in total. The van der Waals surface area contributed by atoms with E-state index >= 15 is 0 Å². The molecule has 0 saturated carbocycles. The minimum Gasteiger partial charge on any atom is -0.477 e. The van der Waals surface area contributed by atoms with Crippen molar-refractivity contribution in [1.82, 2.24) is 9.97 Å². The number of benzene rings is 1. The fraction of sp³-hybridized carbons (Fsp3) is 0.0500. The maximum absolute atomic E-state index is 11.0. The minimum absolute atomic E-state index is 0.440. The van der Waals surface area contributed by atoms with E-state index < -0.39 is 11.7 Å². The average Bonchev–Trinajstić information content (AvgIpc) is 3.16. The first-order valence-corrected chi connectivity index (χ1v) is 8.28. The van der Waals surface area contributed by atoms with Crippen LogP contribution in [0, 0.1) is 5.41 Å². The van der Waals surface area contributed by atoms with Crippen LogP contribution in [0.1, 0.15) is 11.3 Å². The lowest BCUT2D eigenvalue weighted by Gasteiger charge is -2.08. The molecule has 6 heteroatoms. The molecule has 0 spiro atoms. The molecule has 5 nitrogen and oxygen atoms in total. The van der Waals surface area contributed by atoms with E-state index in [9.17, 15) is 4.79 Å². The number of carbonyl (C=O) groups is 1. The molecule has 0 radical (unpaired) electrons. The molecule has 26 heavy (non-hydrogen) atoms. The second-order valence-corrected chi connectivity index (χ2v) is 6.10. The molecule has 0 bridgehead atoms. The number of carboxylic acid groups (broad SMARTS) is 1. The summed E-state index contributed by atoms with van der Waals surface area (Å²) in [5.74, 6) is -1.25. The number of aromatic nitrogens is 2. The van der Waals surface area contributed by atoms with Crippen molar-refractivity contribution in [2.75, 3.05) is 0 Å². The summed E-state index contributed by atoms with van der Waals surface area (Å²) in [5.41, 5.74) is 4.08. The first-order chi connectivity index (χ1) is 12.5. The highest BCUT2D eigenvalue weighted by atomic mass is 35.5. The molecule has 1 aromatic carbocycles. The summed E-state index contributed by atoms with van der Waals surface area (Å²) in [7, 11) is 0. The maximum Gasteiger partial charge on any atom is 0.353 e. The van der Waals surface area contributed by atoms with Gasteiger partial charge in [0.25, 0.3) is 0 Å². The molecule has 2 aromatic heterocycles. The van der Waals surface area contributed by atoms with Crippen LogP contribution in [0.3, 0.4) is 0 Å². The Bertz CT molecular complexity index is 961. The third-order valence-corrected chi connectivity index (χ3v) is 4.11. The van der Waals surface area contributed by atoms with Crippen LogP contribution < -0.4 is 0 Å². The first-order valence-electron chi connectivity index (χ1n) is 7.90. The van der Waals surface area contributed by atoms with Crippen LogP contribution >= 0.6 is 11.6 Å². The number of aromatic amines is 1. The lowest BCUT2D eigenvalue weighted by molar-refractivity contribution is -0.129. The van der Waals surface area contributed by atoms with E-state index in [-0.39, 0.29) is 0 Å². The van der Waals surface area contributed by atoms with E-state index in [0.717, 1.165) is 28.0 Å². The van der Waals surface area contributed by atoms with Gasteiger partial charge in [-0.05, 0) is 59.0 Å². The van der Waals surface area contributed by atoms with E-state index in [1.54, 1.807) is 18.5 Å². The van der Waals surface area contributed by atoms with Gasteiger partial charge in [-0.3, -0.25) is 5.41 Å². The van der Waals surface area contributed by atoms with Crippen LogP contribution in [-0.2, 0) is 11.2 Å². The van der Waals surface area contributed by atoms with E-state index in [2.05, 4.69) is 9.97 Å². The summed E-state index contributed by atoms with van der Waals surface area (Å²) in [6.45, 7) is 0. The normalized spacial score (nSPS) is 11.3. The summed E-state index contributed by atoms with van der Waals surface area (Å²) in [4.78, 5) is 18.0. The van der Waals surface area contributed by atoms with Gasteiger partial charge in [-0.15, -0.1) is 0 Å². The number of nitrogens with one attached hydrogen (secondary N) is 2. The van der Waals surface area contributed by atoms with E-state index in [0.29, 0.717) is 11.6 Å². The Balaban J connectivity index is 1.86. The molecular formula is C20H16ClN3O2. The largest absolute Gasteiger partial charge is 0.477 e. The highest BCUT2D eigenvalue weighted by molar-refractivity contribution is 6.40. The van der Waals surface area contributed by atoms with Crippen LogP contribution in [0.25, 0.3) is 16.7 Å². The number of nitrogens with zero attached hydrogens (tertiary/aromatic N) is 1. The quantitative estimate of drug-likeness (QED) is 0.445. The zero-order valence-electron chi connectivity index (χ0n) is 13.7. The molecular weight excluding hydrogens is 350 g/mol. The van der Waals surface area contributed by atoms with Gasteiger partial charge in [-0.2, -0.15) is 0 Å². The highest BCUT2D eigenvalue weighted by Gasteiger charge is 2.10. The zero-order valence-corrected chi connectivity index (χ0v) is 14.5.